The molecule has 100 valence electrons. The molecule has 0 radical (unpaired) electrons. The predicted octanol–water partition coefficient (Wildman–Crippen LogP) is 1.58. The summed E-state index contributed by atoms with van der Waals surface area (Å²) in [4.78, 5) is 13.4. The molecule has 8 heteroatoms. The molecule has 1 heterocycles. The summed E-state index contributed by atoms with van der Waals surface area (Å²) in [5.74, 6) is -7.07. The highest BCUT2D eigenvalue weighted by atomic mass is 19.2. The quantitative estimate of drug-likeness (QED) is 0.627. The molecule has 0 bridgehead atoms. The first-order valence-corrected chi connectivity index (χ1v) is 5.18. The maximum absolute atomic E-state index is 13.1. The molecule has 0 aliphatic carbocycles. The van der Waals surface area contributed by atoms with Crippen molar-refractivity contribution in [3.05, 3.63) is 23.5 Å². The Balaban J connectivity index is 2.70. The molecule has 18 heavy (non-hydrogen) atoms. The number of halogens is 4. The molecule has 4 nitrogen and oxygen atoms in total. The van der Waals surface area contributed by atoms with Gasteiger partial charge >= 0.3 is 0 Å². The molecule has 0 aromatic carbocycles. The van der Waals surface area contributed by atoms with Crippen molar-refractivity contribution in [1.82, 2.24) is 10.3 Å². The Labute approximate surface area is 100 Å². The van der Waals surface area contributed by atoms with Gasteiger partial charge < -0.3 is 10.6 Å². The Kier molecular flexibility index (Phi) is 4.87. The van der Waals surface area contributed by atoms with Crippen LogP contribution >= 0.6 is 0 Å². The lowest BCUT2D eigenvalue weighted by molar-refractivity contribution is -0.120. The SMILES string of the molecule is CCNC(=O)CCNc1c(F)c(F)nc(F)c1F. The summed E-state index contributed by atoms with van der Waals surface area (Å²) < 4.78 is 51.6. The summed E-state index contributed by atoms with van der Waals surface area (Å²) in [5.41, 5.74) is -0.968. The predicted molar refractivity (Wildman–Crippen MR) is 55.9 cm³/mol. The van der Waals surface area contributed by atoms with E-state index in [-0.39, 0.29) is 18.9 Å². The van der Waals surface area contributed by atoms with Gasteiger partial charge in [0.15, 0.2) is 0 Å². The van der Waals surface area contributed by atoms with E-state index in [2.05, 4.69) is 15.6 Å². The summed E-state index contributed by atoms with van der Waals surface area (Å²) in [7, 11) is 0. The molecule has 1 aromatic heterocycles. The summed E-state index contributed by atoms with van der Waals surface area (Å²) in [6.07, 6.45) is -0.0850. The van der Waals surface area contributed by atoms with E-state index in [9.17, 15) is 22.4 Å². The minimum Gasteiger partial charge on any atom is -0.379 e. The number of rotatable bonds is 5. The van der Waals surface area contributed by atoms with Crippen molar-refractivity contribution < 1.29 is 22.4 Å². The molecule has 0 spiro atoms. The molecule has 0 aliphatic rings. The van der Waals surface area contributed by atoms with E-state index in [1.54, 1.807) is 6.92 Å². The minimum atomic E-state index is -1.74. The maximum Gasteiger partial charge on any atom is 0.253 e. The zero-order valence-electron chi connectivity index (χ0n) is 9.49. The average Bonchev–Trinajstić information content (AvgIpc) is 2.31. The van der Waals surface area contributed by atoms with E-state index in [0.29, 0.717) is 6.54 Å². The zero-order chi connectivity index (χ0) is 13.7. The molecule has 0 aliphatic heterocycles. The van der Waals surface area contributed by atoms with E-state index >= 15 is 0 Å². The summed E-state index contributed by atoms with van der Waals surface area (Å²) in [6.45, 7) is 1.96. The molecule has 0 atom stereocenters. The van der Waals surface area contributed by atoms with Gasteiger partial charge in [-0.05, 0) is 6.92 Å². The molecule has 0 saturated heterocycles. The second-order valence-corrected chi connectivity index (χ2v) is 3.33. The van der Waals surface area contributed by atoms with Crippen molar-refractivity contribution >= 4 is 11.6 Å². The zero-order valence-corrected chi connectivity index (χ0v) is 9.49. The van der Waals surface area contributed by atoms with Gasteiger partial charge in [0.05, 0.1) is 0 Å². The number of amides is 1. The van der Waals surface area contributed by atoms with Crippen LogP contribution < -0.4 is 10.6 Å². The van der Waals surface area contributed by atoms with Crippen molar-refractivity contribution in [1.29, 1.82) is 0 Å². The van der Waals surface area contributed by atoms with Crippen molar-refractivity contribution in [3.8, 4) is 0 Å². The van der Waals surface area contributed by atoms with Crippen LogP contribution in [0.25, 0.3) is 0 Å². The standard InChI is InChI=1S/C10H11F4N3O/c1-2-15-5(18)3-4-16-8-6(11)9(13)17-10(14)7(8)12/h2-4H2,1H3,(H,15,18)(H,16,17). The van der Waals surface area contributed by atoms with Crippen molar-refractivity contribution in [2.75, 3.05) is 18.4 Å². The van der Waals surface area contributed by atoms with Gasteiger partial charge in [-0.2, -0.15) is 22.5 Å². The Bertz CT molecular complexity index is 427. The highest BCUT2D eigenvalue weighted by molar-refractivity contribution is 5.76. The largest absolute Gasteiger partial charge is 0.379 e. The van der Waals surface area contributed by atoms with Crippen LogP contribution in [0.3, 0.4) is 0 Å². The number of aromatic nitrogens is 1. The van der Waals surface area contributed by atoms with E-state index in [1.807, 2.05) is 0 Å². The Morgan fingerprint density at radius 2 is 1.72 bits per heavy atom. The molecule has 0 unspecified atom stereocenters. The maximum atomic E-state index is 13.1. The lowest BCUT2D eigenvalue weighted by Crippen LogP contribution is -2.25. The van der Waals surface area contributed by atoms with Gasteiger partial charge in [-0.25, -0.2) is 0 Å². The van der Waals surface area contributed by atoms with Crippen LogP contribution in [0.2, 0.25) is 0 Å². The number of pyridine rings is 1. The number of nitrogens with zero attached hydrogens (tertiary/aromatic N) is 1. The summed E-state index contributed by atoms with van der Waals surface area (Å²) >= 11 is 0. The normalized spacial score (nSPS) is 10.3. The molecular weight excluding hydrogens is 254 g/mol. The number of hydrogen-bond acceptors (Lipinski definition) is 3. The summed E-state index contributed by atoms with van der Waals surface area (Å²) in [5, 5.41) is 4.58. The van der Waals surface area contributed by atoms with Gasteiger partial charge in [-0.15, -0.1) is 0 Å². The van der Waals surface area contributed by atoms with E-state index < -0.39 is 29.2 Å². The first-order valence-electron chi connectivity index (χ1n) is 5.18. The lowest BCUT2D eigenvalue weighted by Gasteiger charge is -2.09. The average molecular weight is 265 g/mol. The Morgan fingerprint density at radius 3 is 2.22 bits per heavy atom. The molecule has 1 rings (SSSR count). The van der Waals surface area contributed by atoms with Gasteiger partial charge in [0, 0.05) is 19.5 Å². The third-order valence-electron chi connectivity index (χ3n) is 2.03. The molecule has 1 amide bonds. The smallest absolute Gasteiger partial charge is 0.253 e. The first-order chi connectivity index (χ1) is 8.47. The monoisotopic (exact) mass is 265 g/mol. The second kappa shape index (κ2) is 6.18. The highest BCUT2D eigenvalue weighted by Gasteiger charge is 2.20. The molecule has 0 saturated carbocycles. The van der Waals surface area contributed by atoms with Crippen molar-refractivity contribution in [3.63, 3.8) is 0 Å². The Morgan fingerprint density at radius 1 is 1.17 bits per heavy atom. The fourth-order valence-electron chi connectivity index (χ4n) is 1.23. The van der Waals surface area contributed by atoms with Crippen LogP contribution in [0.5, 0.6) is 0 Å². The minimum absolute atomic E-state index is 0.0850. The van der Waals surface area contributed by atoms with E-state index in [1.165, 1.54) is 0 Å². The van der Waals surface area contributed by atoms with Crippen molar-refractivity contribution in [2.24, 2.45) is 0 Å². The first kappa shape index (κ1) is 14.2. The van der Waals surface area contributed by atoms with Crippen LogP contribution in [0.4, 0.5) is 23.2 Å². The van der Waals surface area contributed by atoms with Gasteiger partial charge in [-0.1, -0.05) is 0 Å². The molecule has 1 aromatic rings. The fourth-order valence-corrected chi connectivity index (χ4v) is 1.23. The van der Waals surface area contributed by atoms with Gasteiger partial charge in [-0.3, -0.25) is 4.79 Å². The van der Waals surface area contributed by atoms with Crippen LogP contribution in [-0.2, 0) is 4.79 Å². The molecular formula is C10H11F4N3O. The van der Waals surface area contributed by atoms with E-state index in [4.69, 9.17) is 0 Å². The topological polar surface area (TPSA) is 54.0 Å². The number of carbonyl (C=O) groups is 1. The van der Waals surface area contributed by atoms with Crippen LogP contribution in [-0.4, -0.2) is 24.0 Å². The van der Waals surface area contributed by atoms with Crippen LogP contribution in [0, 0.1) is 23.5 Å². The highest BCUT2D eigenvalue weighted by Crippen LogP contribution is 2.21. The number of carbonyl (C=O) groups excluding carboxylic acids is 1. The number of hydrogen-bond donors (Lipinski definition) is 2. The second-order valence-electron chi connectivity index (χ2n) is 3.33. The third kappa shape index (κ3) is 3.31. The van der Waals surface area contributed by atoms with Crippen LogP contribution in [0.1, 0.15) is 13.3 Å². The summed E-state index contributed by atoms with van der Waals surface area (Å²) in [6, 6.07) is 0. The lowest BCUT2D eigenvalue weighted by atomic mass is 10.3. The van der Waals surface area contributed by atoms with E-state index in [0.717, 1.165) is 0 Å². The Hall–Kier alpha value is -1.86. The third-order valence-corrected chi connectivity index (χ3v) is 2.03. The van der Waals surface area contributed by atoms with Gasteiger partial charge in [0.25, 0.3) is 11.9 Å². The number of anilines is 1. The van der Waals surface area contributed by atoms with Gasteiger partial charge in [0.2, 0.25) is 17.5 Å². The molecule has 2 N–H and O–H groups in total. The fraction of sp³-hybridized carbons (Fsp3) is 0.400. The van der Waals surface area contributed by atoms with Gasteiger partial charge in [0.1, 0.15) is 5.69 Å². The van der Waals surface area contributed by atoms with Crippen LogP contribution in [0.15, 0.2) is 0 Å². The molecule has 0 fully saturated rings. The van der Waals surface area contributed by atoms with Crippen molar-refractivity contribution in [2.45, 2.75) is 13.3 Å². The number of nitrogens with one attached hydrogen (secondary N) is 2.